The summed E-state index contributed by atoms with van der Waals surface area (Å²) in [5, 5.41) is 15.6. The number of carbonyl (C=O) groups excluding carboxylic acids is 2. The van der Waals surface area contributed by atoms with E-state index in [0.717, 1.165) is 11.3 Å². The molecule has 0 aliphatic rings. The molecule has 9 nitrogen and oxygen atoms in total. The normalized spacial score (nSPS) is 11.0. The fourth-order valence-corrected chi connectivity index (χ4v) is 2.22. The number of ether oxygens (including phenoxy) is 1. The smallest absolute Gasteiger partial charge is 0.318 e. The lowest BCUT2D eigenvalue weighted by atomic mass is 9.93. The second-order valence-electron chi connectivity index (χ2n) is 7.29. The maximum absolute atomic E-state index is 12.3. The highest BCUT2D eigenvalue weighted by Gasteiger charge is 2.36. The molecule has 1 heterocycles. The van der Waals surface area contributed by atoms with Crippen LogP contribution in [0.2, 0.25) is 0 Å². The number of rotatable bonds is 9. The van der Waals surface area contributed by atoms with Gasteiger partial charge < -0.3 is 20.1 Å². The Morgan fingerprint density at radius 1 is 1.24 bits per heavy atom. The van der Waals surface area contributed by atoms with Crippen molar-refractivity contribution in [2.45, 2.75) is 27.3 Å². The summed E-state index contributed by atoms with van der Waals surface area (Å²) in [4.78, 5) is 37.0. The molecule has 0 atom stereocenters. The number of anilines is 1. The average Bonchev–Trinajstić information content (AvgIpc) is 3.09. The number of aliphatic carboxylic acids is 1. The highest BCUT2D eigenvalue weighted by molar-refractivity contribution is 6.07. The Hall–Kier alpha value is -3.36. The average molecular weight is 402 g/mol. The van der Waals surface area contributed by atoms with Crippen LogP contribution in [0.25, 0.3) is 0 Å². The van der Waals surface area contributed by atoms with E-state index in [4.69, 9.17) is 9.84 Å². The van der Waals surface area contributed by atoms with E-state index in [0.29, 0.717) is 18.8 Å². The van der Waals surface area contributed by atoms with E-state index in [9.17, 15) is 14.4 Å². The topological polar surface area (TPSA) is 114 Å². The number of amides is 2. The molecule has 0 spiro atoms. The van der Waals surface area contributed by atoms with Crippen LogP contribution >= 0.6 is 0 Å². The van der Waals surface area contributed by atoms with Crippen LogP contribution in [0, 0.1) is 12.3 Å². The van der Waals surface area contributed by atoms with Gasteiger partial charge in [0.05, 0.1) is 18.4 Å². The standard InChI is InChI=1S/C20H26N4O5/c1-14-5-7-16(8-6-14)29-10-9-23(4)17(25)13-24-12-15(11-21-24)22-18(26)20(2,3)19(27)28/h5-8,11-12H,9-10,13H2,1-4H3,(H,22,26)(H,27,28). The number of nitrogens with one attached hydrogen (secondary N) is 1. The fourth-order valence-electron chi connectivity index (χ4n) is 2.22. The van der Waals surface area contributed by atoms with Gasteiger partial charge in [0, 0.05) is 13.2 Å². The second-order valence-corrected chi connectivity index (χ2v) is 7.29. The Morgan fingerprint density at radius 3 is 2.52 bits per heavy atom. The number of hydrogen-bond donors (Lipinski definition) is 2. The monoisotopic (exact) mass is 402 g/mol. The van der Waals surface area contributed by atoms with Gasteiger partial charge in [-0.05, 0) is 32.9 Å². The van der Waals surface area contributed by atoms with Gasteiger partial charge in [0.1, 0.15) is 24.3 Å². The molecule has 0 saturated carbocycles. The molecule has 1 aromatic heterocycles. The van der Waals surface area contributed by atoms with Gasteiger partial charge >= 0.3 is 5.97 Å². The summed E-state index contributed by atoms with van der Waals surface area (Å²) in [6.45, 7) is 5.37. The lowest BCUT2D eigenvalue weighted by Gasteiger charge is -2.18. The molecule has 0 aliphatic carbocycles. The summed E-state index contributed by atoms with van der Waals surface area (Å²) in [6, 6.07) is 7.66. The summed E-state index contributed by atoms with van der Waals surface area (Å²) in [6.07, 6.45) is 2.84. The first-order chi connectivity index (χ1) is 13.6. The molecule has 0 saturated heterocycles. The highest BCUT2D eigenvalue weighted by atomic mass is 16.5. The van der Waals surface area contributed by atoms with Crippen LogP contribution < -0.4 is 10.1 Å². The van der Waals surface area contributed by atoms with E-state index in [1.807, 2.05) is 31.2 Å². The van der Waals surface area contributed by atoms with E-state index in [2.05, 4.69) is 10.4 Å². The lowest BCUT2D eigenvalue weighted by molar-refractivity contribution is -0.151. The van der Waals surface area contributed by atoms with Gasteiger partial charge in [0.2, 0.25) is 11.8 Å². The van der Waals surface area contributed by atoms with Crippen molar-refractivity contribution in [1.82, 2.24) is 14.7 Å². The highest BCUT2D eigenvalue weighted by Crippen LogP contribution is 2.18. The van der Waals surface area contributed by atoms with E-state index < -0.39 is 17.3 Å². The predicted molar refractivity (Wildman–Crippen MR) is 107 cm³/mol. The van der Waals surface area contributed by atoms with E-state index in [1.165, 1.54) is 35.8 Å². The number of carbonyl (C=O) groups is 3. The number of carboxylic acids is 1. The molecular weight excluding hydrogens is 376 g/mol. The van der Waals surface area contributed by atoms with Gasteiger partial charge in [-0.15, -0.1) is 0 Å². The quantitative estimate of drug-likeness (QED) is 0.618. The fraction of sp³-hybridized carbons (Fsp3) is 0.400. The molecule has 0 radical (unpaired) electrons. The Balaban J connectivity index is 1.82. The number of aromatic nitrogens is 2. The third-order valence-corrected chi connectivity index (χ3v) is 4.43. The van der Waals surface area contributed by atoms with Gasteiger partial charge in [-0.2, -0.15) is 5.10 Å². The van der Waals surface area contributed by atoms with Crippen molar-refractivity contribution in [3.05, 3.63) is 42.2 Å². The molecule has 0 fully saturated rings. The molecule has 0 bridgehead atoms. The van der Waals surface area contributed by atoms with E-state index in [1.54, 1.807) is 7.05 Å². The Bertz CT molecular complexity index is 873. The SMILES string of the molecule is Cc1ccc(OCCN(C)C(=O)Cn2cc(NC(=O)C(C)(C)C(=O)O)cn2)cc1. The summed E-state index contributed by atoms with van der Waals surface area (Å²) in [5.41, 5.74) is -0.108. The lowest BCUT2D eigenvalue weighted by Crippen LogP contribution is -2.37. The van der Waals surface area contributed by atoms with Crippen LogP contribution in [0.5, 0.6) is 5.75 Å². The second kappa shape index (κ2) is 9.22. The predicted octanol–water partition coefficient (Wildman–Crippen LogP) is 1.78. The van der Waals surface area contributed by atoms with Crippen LogP contribution in [0.1, 0.15) is 19.4 Å². The first-order valence-corrected chi connectivity index (χ1v) is 9.10. The van der Waals surface area contributed by atoms with Gasteiger partial charge in [-0.3, -0.25) is 19.1 Å². The zero-order chi connectivity index (χ0) is 21.6. The number of aryl methyl sites for hydroxylation is 1. The van der Waals surface area contributed by atoms with Gasteiger partial charge in [-0.25, -0.2) is 0 Å². The number of hydrogen-bond acceptors (Lipinski definition) is 5. The Morgan fingerprint density at radius 2 is 1.90 bits per heavy atom. The van der Waals surface area contributed by atoms with Crippen LogP contribution in [-0.2, 0) is 20.9 Å². The molecular formula is C20H26N4O5. The Labute approximate surface area is 169 Å². The molecule has 2 rings (SSSR count). The van der Waals surface area contributed by atoms with Crippen LogP contribution in [0.3, 0.4) is 0 Å². The van der Waals surface area contributed by atoms with Crippen molar-refractivity contribution in [2.75, 3.05) is 25.5 Å². The van der Waals surface area contributed by atoms with E-state index in [-0.39, 0.29) is 12.5 Å². The summed E-state index contributed by atoms with van der Waals surface area (Å²) < 4.78 is 7.00. The minimum atomic E-state index is -1.57. The number of carboxylic acid groups (broad SMARTS) is 1. The number of likely N-dealkylation sites (N-methyl/N-ethyl adjacent to an activating group) is 1. The number of benzene rings is 1. The van der Waals surface area contributed by atoms with Crippen LogP contribution in [0.4, 0.5) is 5.69 Å². The Kier molecular flexibility index (Phi) is 6.98. The van der Waals surface area contributed by atoms with Crippen LogP contribution in [0.15, 0.2) is 36.7 Å². The first kappa shape index (κ1) is 21.9. The van der Waals surface area contributed by atoms with Crippen molar-refractivity contribution < 1.29 is 24.2 Å². The maximum Gasteiger partial charge on any atom is 0.318 e. The summed E-state index contributed by atoms with van der Waals surface area (Å²) in [7, 11) is 1.67. The van der Waals surface area contributed by atoms with Gasteiger partial charge in [-0.1, -0.05) is 17.7 Å². The molecule has 2 amide bonds. The summed E-state index contributed by atoms with van der Waals surface area (Å²) in [5.74, 6) is -1.33. The molecule has 1 aromatic carbocycles. The zero-order valence-corrected chi connectivity index (χ0v) is 17.0. The molecule has 0 aliphatic heterocycles. The molecule has 9 heteroatoms. The summed E-state index contributed by atoms with van der Waals surface area (Å²) >= 11 is 0. The number of nitrogens with zero attached hydrogens (tertiary/aromatic N) is 3. The van der Waals surface area contributed by atoms with Gasteiger partial charge in [0.15, 0.2) is 0 Å². The van der Waals surface area contributed by atoms with E-state index >= 15 is 0 Å². The van der Waals surface area contributed by atoms with Crippen molar-refractivity contribution in [3.63, 3.8) is 0 Å². The molecule has 29 heavy (non-hydrogen) atoms. The maximum atomic E-state index is 12.3. The van der Waals surface area contributed by atoms with Crippen molar-refractivity contribution in [2.24, 2.45) is 5.41 Å². The third kappa shape index (κ3) is 6.06. The van der Waals surface area contributed by atoms with Crippen LogP contribution in [-0.4, -0.2) is 57.8 Å². The van der Waals surface area contributed by atoms with Gasteiger partial charge in [0.25, 0.3) is 0 Å². The van der Waals surface area contributed by atoms with Crippen molar-refractivity contribution in [3.8, 4) is 5.75 Å². The molecule has 0 unspecified atom stereocenters. The molecule has 2 aromatic rings. The van der Waals surface area contributed by atoms with Crippen molar-refractivity contribution in [1.29, 1.82) is 0 Å². The molecule has 2 N–H and O–H groups in total. The first-order valence-electron chi connectivity index (χ1n) is 9.10. The zero-order valence-electron chi connectivity index (χ0n) is 17.0. The van der Waals surface area contributed by atoms with Crippen molar-refractivity contribution >= 4 is 23.5 Å². The largest absolute Gasteiger partial charge is 0.492 e. The molecule has 156 valence electrons. The minimum absolute atomic E-state index is 0.0147. The minimum Gasteiger partial charge on any atom is -0.492 e. The third-order valence-electron chi connectivity index (χ3n) is 4.43.